The molecule has 1 aliphatic rings. The molecule has 0 unspecified atom stereocenters. The highest BCUT2D eigenvalue weighted by Gasteiger charge is 2.43. The van der Waals surface area contributed by atoms with Gasteiger partial charge < -0.3 is 15.5 Å². The molecule has 0 saturated heterocycles. The smallest absolute Gasteiger partial charge is 0.315 e. The van der Waals surface area contributed by atoms with Crippen molar-refractivity contribution in [1.29, 1.82) is 0 Å². The fraction of sp³-hybridized carbons (Fsp3) is 0.429. The lowest BCUT2D eigenvalue weighted by Crippen LogP contribution is -2.24. The third kappa shape index (κ3) is 2.76. The van der Waals surface area contributed by atoms with Crippen molar-refractivity contribution in [2.24, 2.45) is 5.73 Å². The van der Waals surface area contributed by atoms with Crippen molar-refractivity contribution in [1.82, 2.24) is 10.2 Å². The molecule has 0 aliphatic heterocycles. The molecule has 5 nitrogen and oxygen atoms in total. The van der Waals surface area contributed by atoms with Crippen LogP contribution >= 0.6 is 0 Å². The Morgan fingerprint density at radius 2 is 2.21 bits per heavy atom. The van der Waals surface area contributed by atoms with E-state index >= 15 is 0 Å². The van der Waals surface area contributed by atoms with Crippen molar-refractivity contribution in [3.63, 3.8) is 0 Å². The number of nitrogens with one attached hydrogen (secondary N) is 1. The third-order valence-electron chi connectivity index (χ3n) is 3.49. The molecule has 3 N–H and O–H groups in total. The first kappa shape index (κ1) is 12.2. The van der Waals surface area contributed by atoms with E-state index < -0.39 is 0 Å². The van der Waals surface area contributed by atoms with E-state index in [-0.39, 0.29) is 12.1 Å². The molecule has 0 radical (unpaired) electrons. The summed E-state index contributed by atoms with van der Waals surface area (Å²) in [5.74, 6) is 0.467. The fourth-order valence-corrected chi connectivity index (χ4v) is 2.32. The number of nitrogens with two attached hydrogens (primary N) is 1. The first-order valence-electron chi connectivity index (χ1n) is 6.55. The number of rotatable bonds is 5. The molecule has 0 spiro atoms. The summed E-state index contributed by atoms with van der Waals surface area (Å²) in [7, 11) is 0. The van der Waals surface area contributed by atoms with E-state index in [4.69, 9.17) is 10.2 Å². The van der Waals surface area contributed by atoms with E-state index in [0.29, 0.717) is 11.9 Å². The number of hydrogen-bond acceptors (Lipinski definition) is 5. The largest absolute Gasteiger partial charge is 0.407 e. The summed E-state index contributed by atoms with van der Waals surface area (Å²) in [6, 6.07) is 9.07. The predicted molar refractivity (Wildman–Crippen MR) is 72.7 cm³/mol. The summed E-state index contributed by atoms with van der Waals surface area (Å²) in [5.41, 5.74) is 8.16. The van der Waals surface area contributed by atoms with Gasteiger partial charge in [0.15, 0.2) is 0 Å². The van der Waals surface area contributed by atoms with Gasteiger partial charge in [0.2, 0.25) is 5.89 Å². The first-order valence-corrected chi connectivity index (χ1v) is 6.55. The highest BCUT2D eigenvalue weighted by atomic mass is 16.4. The van der Waals surface area contributed by atoms with Crippen LogP contribution in [0.4, 0.5) is 6.01 Å². The molecule has 1 aliphatic carbocycles. The van der Waals surface area contributed by atoms with Crippen molar-refractivity contribution in [3.8, 4) is 0 Å². The standard InChI is InChI=1S/C14H18N4O/c1-10-3-2-4-11(7-10)8-14(5-6-14)16-13-18-17-12(9-15)19-13/h2-4,7H,5-6,8-9,15H2,1H3,(H,16,18). The van der Waals surface area contributed by atoms with Crippen LogP contribution in [-0.2, 0) is 13.0 Å². The predicted octanol–water partition coefficient (Wildman–Crippen LogP) is 2.02. The topological polar surface area (TPSA) is 77.0 Å². The van der Waals surface area contributed by atoms with Gasteiger partial charge in [-0.1, -0.05) is 34.9 Å². The summed E-state index contributed by atoms with van der Waals surface area (Å²) < 4.78 is 5.41. The van der Waals surface area contributed by atoms with Crippen molar-refractivity contribution in [2.45, 2.75) is 38.3 Å². The van der Waals surface area contributed by atoms with Crippen molar-refractivity contribution in [2.75, 3.05) is 5.32 Å². The van der Waals surface area contributed by atoms with Gasteiger partial charge in [-0.05, 0) is 31.7 Å². The lowest BCUT2D eigenvalue weighted by Gasteiger charge is -2.15. The van der Waals surface area contributed by atoms with Gasteiger partial charge in [0.25, 0.3) is 0 Å². The van der Waals surface area contributed by atoms with Crippen LogP contribution in [0.2, 0.25) is 0 Å². The second kappa shape index (κ2) is 4.66. The van der Waals surface area contributed by atoms with Crippen LogP contribution in [0.15, 0.2) is 28.7 Å². The summed E-state index contributed by atoms with van der Waals surface area (Å²) in [6.45, 7) is 2.39. The van der Waals surface area contributed by atoms with Crippen LogP contribution in [-0.4, -0.2) is 15.7 Å². The molecule has 3 rings (SSSR count). The molecule has 1 heterocycles. The third-order valence-corrected chi connectivity index (χ3v) is 3.49. The van der Waals surface area contributed by atoms with Gasteiger partial charge in [-0.3, -0.25) is 0 Å². The molecule has 1 aromatic carbocycles. The van der Waals surface area contributed by atoms with Gasteiger partial charge in [-0.15, -0.1) is 5.10 Å². The van der Waals surface area contributed by atoms with E-state index in [9.17, 15) is 0 Å². The molecule has 19 heavy (non-hydrogen) atoms. The number of nitrogens with zero attached hydrogens (tertiary/aromatic N) is 2. The van der Waals surface area contributed by atoms with Gasteiger partial charge in [-0.25, -0.2) is 0 Å². The van der Waals surface area contributed by atoms with Crippen LogP contribution in [0, 0.1) is 6.92 Å². The molecule has 0 atom stereocenters. The SMILES string of the molecule is Cc1cccc(CC2(Nc3nnc(CN)o3)CC2)c1. The Bertz CT molecular complexity index is 574. The Kier molecular flexibility index (Phi) is 2.98. The molecular formula is C14H18N4O. The zero-order valence-electron chi connectivity index (χ0n) is 11.0. The molecular weight excluding hydrogens is 240 g/mol. The van der Waals surface area contributed by atoms with Crippen molar-refractivity contribution < 1.29 is 4.42 Å². The monoisotopic (exact) mass is 258 g/mol. The summed E-state index contributed by atoms with van der Waals surface area (Å²) >= 11 is 0. The second-order valence-corrected chi connectivity index (χ2v) is 5.28. The van der Waals surface area contributed by atoms with Gasteiger partial charge in [-0.2, -0.15) is 0 Å². The van der Waals surface area contributed by atoms with Crippen LogP contribution < -0.4 is 11.1 Å². The minimum Gasteiger partial charge on any atom is -0.407 e. The number of anilines is 1. The second-order valence-electron chi connectivity index (χ2n) is 5.28. The maximum Gasteiger partial charge on any atom is 0.315 e. The van der Waals surface area contributed by atoms with Crippen molar-refractivity contribution >= 4 is 6.01 Å². The Hall–Kier alpha value is -1.88. The van der Waals surface area contributed by atoms with Crippen LogP contribution in [0.5, 0.6) is 0 Å². The number of aromatic nitrogens is 2. The highest BCUT2D eigenvalue weighted by Crippen LogP contribution is 2.41. The van der Waals surface area contributed by atoms with E-state index in [1.54, 1.807) is 0 Å². The molecule has 100 valence electrons. The Morgan fingerprint density at radius 1 is 1.37 bits per heavy atom. The fourth-order valence-electron chi connectivity index (χ4n) is 2.32. The summed E-state index contributed by atoms with van der Waals surface area (Å²) in [5, 5.41) is 11.2. The number of hydrogen-bond donors (Lipinski definition) is 2. The van der Waals surface area contributed by atoms with Gasteiger partial charge in [0.1, 0.15) is 0 Å². The van der Waals surface area contributed by atoms with E-state index in [0.717, 1.165) is 19.3 Å². The van der Waals surface area contributed by atoms with Crippen LogP contribution in [0.1, 0.15) is 29.9 Å². The van der Waals surface area contributed by atoms with E-state index in [1.807, 2.05) is 0 Å². The highest BCUT2D eigenvalue weighted by molar-refractivity contribution is 5.34. The Labute approximate surface area is 112 Å². The first-order chi connectivity index (χ1) is 9.19. The summed E-state index contributed by atoms with van der Waals surface area (Å²) in [6.07, 6.45) is 3.23. The average Bonchev–Trinajstić information content (AvgIpc) is 2.98. The maximum atomic E-state index is 5.46. The average molecular weight is 258 g/mol. The van der Waals surface area contributed by atoms with Gasteiger partial charge in [0, 0.05) is 5.54 Å². The lowest BCUT2D eigenvalue weighted by atomic mass is 10.0. The minimum atomic E-state index is 0.0756. The minimum absolute atomic E-state index is 0.0756. The molecule has 2 aromatic rings. The molecule has 1 aromatic heterocycles. The Morgan fingerprint density at radius 3 is 2.84 bits per heavy atom. The quantitative estimate of drug-likeness (QED) is 0.858. The van der Waals surface area contributed by atoms with Gasteiger partial charge in [0.05, 0.1) is 6.54 Å². The zero-order chi connectivity index (χ0) is 13.3. The maximum absolute atomic E-state index is 5.46. The molecule has 1 saturated carbocycles. The zero-order valence-corrected chi connectivity index (χ0v) is 11.0. The van der Waals surface area contributed by atoms with Gasteiger partial charge >= 0.3 is 6.01 Å². The number of benzene rings is 1. The molecule has 5 heteroatoms. The molecule has 0 amide bonds. The van der Waals surface area contributed by atoms with Crippen LogP contribution in [0.3, 0.4) is 0 Å². The van der Waals surface area contributed by atoms with Crippen molar-refractivity contribution in [3.05, 3.63) is 41.3 Å². The van der Waals surface area contributed by atoms with Crippen LogP contribution in [0.25, 0.3) is 0 Å². The van der Waals surface area contributed by atoms with E-state index in [2.05, 4.69) is 46.7 Å². The Balaban J connectivity index is 1.70. The van der Waals surface area contributed by atoms with E-state index in [1.165, 1.54) is 11.1 Å². The molecule has 1 fully saturated rings. The summed E-state index contributed by atoms with van der Waals surface area (Å²) in [4.78, 5) is 0. The molecule has 0 bridgehead atoms. The normalized spacial score (nSPS) is 16.3. The number of aryl methyl sites for hydroxylation is 1. The lowest BCUT2D eigenvalue weighted by molar-refractivity contribution is 0.498.